The van der Waals surface area contributed by atoms with Gasteiger partial charge in [0.05, 0.1) is 12.6 Å². The van der Waals surface area contributed by atoms with Gasteiger partial charge in [-0.15, -0.1) is 0 Å². The average Bonchev–Trinajstić information content (AvgIpc) is 2.33. The normalized spacial score (nSPS) is 24.1. The molecule has 1 aliphatic carbocycles. The van der Waals surface area contributed by atoms with Crippen LogP contribution in [0.2, 0.25) is 0 Å². The van der Waals surface area contributed by atoms with Gasteiger partial charge in [0.2, 0.25) is 0 Å². The average molecular weight is 272 g/mol. The van der Waals surface area contributed by atoms with E-state index in [9.17, 15) is 4.79 Å². The highest BCUT2D eigenvalue weighted by Crippen LogP contribution is 2.23. The van der Waals surface area contributed by atoms with Crippen LogP contribution in [0.3, 0.4) is 0 Å². The maximum absolute atomic E-state index is 12.1. The monoisotopic (exact) mass is 272 g/mol. The van der Waals surface area contributed by atoms with Crippen LogP contribution in [0, 0.1) is 0 Å². The minimum atomic E-state index is -0.464. The Kier molecular flexibility index (Phi) is 6.07. The van der Waals surface area contributed by atoms with E-state index in [1.54, 1.807) is 11.9 Å². The number of nitrogens with zero attached hydrogens (tertiary/aromatic N) is 1. The first kappa shape index (κ1) is 16.2. The molecule has 0 aromatic rings. The van der Waals surface area contributed by atoms with E-state index in [-0.39, 0.29) is 24.8 Å². The van der Waals surface area contributed by atoms with Crippen molar-refractivity contribution in [3.63, 3.8) is 0 Å². The Morgan fingerprint density at radius 1 is 1.37 bits per heavy atom. The molecule has 0 aromatic heterocycles. The highest BCUT2D eigenvalue weighted by atomic mass is 16.6. The van der Waals surface area contributed by atoms with E-state index in [4.69, 9.17) is 9.84 Å². The summed E-state index contributed by atoms with van der Waals surface area (Å²) < 4.78 is 5.42. The van der Waals surface area contributed by atoms with Crippen molar-refractivity contribution in [3.8, 4) is 0 Å². The van der Waals surface area contributed by atoms with Gasteiger partial charge in [-0.2, -0.15) is 0 Å². The van der Waals surface area contributed by atoms with Crippen LogP contribution in [0.5, 0.6) is 0 Å². The first-order valence-corrected chi connectivity index (χ1v) is 7.15. The number of hydrogen-bond donors (Lipinski definition) is 2. The summed E-state index contributed by atoms with van der Waals surface area (Å²) in [7, 11) is 1.80. The third kappa shape index (κ3) is 5.37. The second-order valence-electron chi connectivity index (χ2n) is 6.23. The van der Waals surface area contributed by atoms with Crippen LogP contribution in [0.4, 0.5) is 4.79 Å². The van der Waals surface area contributed by atoms with Gasteiger partial charge in [-0.3, -0.25) is 0 Å². The fourth-order valence-corrected chi connectivity index (χ4v) is 2.53. The molecule has 0 bridgehead atoms. The van der Waals surface area contributed by atoms with Gasteiger partial charge in [-0.05, 0) is 33.6 Å². The maximum Gasteiger partial charge on any atom is 0.410 e. The van der Waals surface area contributed by atoms with Gasteiger partial charge in [0.25, 0.3) is 0 Å². The molecule has 0 aromatic carbocycles. The van der Waals surface area contributed by atoms with Crippen molar-refractivity contribution in [1.82, 2.24) is 10.2 Å². The molecule has 0 spiro atoms. The number of carbonyl (C=O) groups excluding carboxylic acids is 1. The molecule has 1 rings (SSSR count). The van der Waals surface area contributed by atoms with Crippen molar-refractivity contribution in [2.24, 2.45) is 0 Å². The van der Waals surface area contributed by atoms with Crippen molar-refractivity contribution >= 4 is 6.09 Å². The molecule has 2 N–H and O–H groups in total. The van der Waals surface area contributed by atoms with Crippen LogP contribution in [0.15, 0.2) is 0 Å². The number of aliphatic hydroxyl groups excluding tert-OH is 1. The van der Waals surface area contributed by atoms with E-state index in [0.29, 0.717) is 6.54 Å². The molecule has 1 fully saturated rings. The third-order valence-corrected chi connectivity index (χ3v) is 3.43. The first-order valence-electron chi connectivity index (χ1n) is 7.15. The quantitative estimate of drug-likeness (QED) is 0.818. The molecule has 5 nitrogen and oxygen atoms in total. The SMILES string of the molecule is CN(C(=O)OC(C)(C)C)[C@H]1CCCC[C@H]1NCCO. The Morgan fingerprint density at radius 2 is 2.00 bits per heavy atom. The predicted octanol–water partition coefficient (Wildman–Crippen LogP) is 1.75. The van der Waals surface area contributed by atoms with E-state index in [0.717, 1.165) is 19.3 Å². The Balaban J connectivity index is 2.60. The summed E-state index contributed by atoms with van der Waals surface area (Å²) in [6.07, 6.45) is 4.06. The summed E-state index contributed by atoms with van der Waals surface area (Å²) in [5, 5.41) is 12.2. The van der Waals surface area contributed by atoms with E-state index in [1.807, 2.05) is 20.8 Å². The number of carbonyl (C=O) groups is 1. The second kappa shape index (κ2) is 7.10. The standard InChI is InChI=1S/C14H28N2O3/c1-14(2,3)19-13(18)16(4)12-8-6-5-7-11(12)15-9-10-17/h11-12,15,17H,5-10H2,1-4H3/t11-,12+/m1/s1. The van der Waals surface area contributed by atoms with Gasteiger partial charge in [0.15, 0.2) is 0 Å². The zero-order valence-electron chi connectivity index (χ0n) is 12.6. The van der Waals surface area contributed by atoms with Gasteiger partial charge in [0.1, 0.15) is 5.60 Å². The van der Waals surface area contributed by atoms with Crippen molar-refractivity contribution in [1.29, 1.82) is 0 Å². The topological polar surface area (TPSA) is 61.8 Å². The van der Waals surface area contributed by atoms with Crippen LogP contribution in [0.25, 0.3) is 0 Å². The molecule has 1 aliphatic rings. The summed E-state index contributed by atoms with van der Waals surface area (Å²) in [6, 6.07) is 0.397. The summed E-state index contributed by atoms with van der Waals surface area (Å²) >= 11 is 0. The zero-order chi connectivity index (χ0) is 14.5. The zero-order valence-corrected chi connectivity index (χ0v) is 12.6. The Hall–Kier alpha value is -0.810. The Bertz CT molecular complexity index is 289. The Morgan fingerprint density at radius 3 is 2.58 bits per heavy atom. The number of nitrogens with one attached hydrogen (secondary N) is 1. The lowest BCUT2D eigenvalue weighted by Gasteiger charge is -2.38. The van der Waals surface area contributed by atoms with E-state index in [2.05, 4.69) is 5.32 Å². The van der Waals surface area contributed by atoms with Crippen LogP contribution in [-0.4, -0.2) is 54.0 Å². The Labute approximate surface area is 116 Å². The molecular formula is C14H28N2O3. The summed E-state index contributed by atoms with van der Waals surface area (Å²) in [5.41, 5.74) is -0.464. The minimum absolute atomic E-state index is 0.124. The van der Waals surface area contributed by atoms with Crippen molar-refractivity contribution < 1.29 is 14.6 Å². The molecule has 19 heavy (non-hydrogen) atoms. The molecular weight excluding hydrogens is 244 g/mol. The fraction of sp³-hybridized carbons (Fsp3) is 0.929. The molecule has 0 heterocycles. The maximum atomic E-state index is 12.1. The number of hydrogen-bond acceptors (Lipinski definition) is 4. The smallest absolute Gasteiger partial charge is 0.410 e. The van der Waals surface area contributed by atoms with Crippen molar-refractivity contribution in [2.45, 2.75) is 64.1 Å². The first-order chi connectivity index (χ1) is 8.85. The van der Waals surface area contributed by atoms with Gasteiger partial charge in [0, 0.05) is 19.6 Å². The molecule has 0 radical (unpaired) electrons. The van der Waals surface area contributed by atoms with Crippen molar-refractivity contribution in [2.75, 3.05) is 20.2 Å². The highest BCUT2D eigenvalue weighted by molar-refractivity contribution is 5.68. The van der Waals surface area contributed by atoms with Gasteiger partial charge >= 0.3 is 6.09 Å². The molecule has 1 saturated carbocycles. The molecule has 1 amide bonds. The molecule has 0 aliphatic heterocycles. The van der Waals surface area contributed by atoms with Crippen molar-refractivity contribution in [3.05, 3.63) is 0 Å². The lowest BCUT2D eigenvalue weighted by atomic mass is 9.89. The second-order valence-corrected chi connectivity index (χ2v) is 6.23. The summed E-state index contributed by atoms with van der Waals surface area (Å²) in [4.78, 5) is 13.8. The van der Waals surface area contributed by atoms with Gasteiger partial charge < -0.3 is 20.1 Å². The molecule has 112 valence electrons. The minimum Gasteiger partial charge on any atom is -0.444 e. The van der Waals surface area contributed by atoms with Crippen LogP contribution >= 0.6 is 0 Å². The van der Waals surface area contributed by atoms with E-state index in [1.165, 1.54) is 6.42 Å². The largest absolute Gasteiger partial charge is 0.444 e. The van der Waals surface area contributed by atoms with Gasteiger partial charge in [-0.1, -0.05) is 12.8 Å². The number of rotatable bonds is 4. The number of amides is 1. The molecule has 2 atom stereocenters. The van der Waals surface area contributed by atoms with Gasteiger partial charge in [-0.25, -0.2) is 4.79 Å². The number of aliphatic hydroxyl groups is 1. The number of likely N-dealkylation sites (N-methyl/N-ethyl adjacent to an activating group) is 1. The summed E-state index contributed by atoms with van der Waals surface area (Å²) in [5.74, 6) is 0. The van der Waals surface area contributed by atoms with Crippen LogP contribution in [0.1, 0.15) is 46.5 Å². The van der Waals surface area contributed by atoms with Crippen LogP contribution in [-0.2, 0) is 4.74 Å². The molecule has 0 saturated heterocycles. The summed E-state index contributed by atoms with van der Waals surface area (Å²) in [6.45, 7) is 6.33. The molecule has 0 unspecified atom stereocenters. The number of ether oxygens (including phenoxy) is 1. The predicted molar refractivity (Wildman–Crippen MR) is 75.1 cm³/mol. The molecule has 5 heteroatoms. The van der Waals surface area contributed by atoms with Crippen LogP contribution < -0.4 is 5.32 Å². The fourth-order valence-electron chi connectivity index (χ4n) is 2.53. The lowest BCUT2D eigenvalue weighted by molar-refractivity contribution is 0.0147. The highest BCUT2D eigenvalue weighted by Gasteiger charge is 2.32. The third-order valence-electron chi connectivity index (χ3n) is 3.43. The lowest BCUT2D eigenvalue weighted by Crippen LogP contribution is -2.53. The van der Waals surface area contributed by atoms with E-state index >= 15 is 0 Å². The van der Waals surface area contributed by atoms with E-state index < -0.39 is 5.60 Å².